The van der Waals surface area contributed by atoms with Gasteiger partial charge in [0.1, 0.15) is 12.4 Å². The highest BCUT2D eigenvalue weighted by Gasteiger charge is 2.27. The molecule has 0 aliphatic rings. The average molecular weight is 395 g/mol. The number of hydrogen-bond acceptors (Lipinski definition) is 4. The first-order valence-corrected chi connectivity index (χ1v) is 8.39. The second kappa shape index (κ2) is 9.32. The van der Waals surface area contributed by atoms with Crippen LogP contribution >= 0.6 is 0 Å². The molecule has 0 radical (unpaired) electrons. The van der Waals surface area contributed by atoms with Crippen LogP contribution in [0.25, 0.3) is 0 Å². The minimum Gasteiger partial charge on any atom is -0.367 e. The van der Waals surface area contributed by atoms with Crippen LogP contribution in [0.2, 0.25) is 0 Å². The van der Waals surface area contributed by atoms with Gasteiger partial charge in [0.25, 0.3) is 5.91 Å². The maximum atomic E-state index is 12.3. The van der Waals surface area contributed by atoms with E-state index in [1.165, 1.54) is 13.0 Å². The van der Waals surface area contributed by atoms with Crippen molar-refractivity contribution in [3.05, 3.63) is 58.8 Å². The van der Waals surface area contributed by atoms with Crippen LogP contribution in [-0.2, 0) is 22.7 Å². The highest BCUT2D eigenvalue weighted by atomic mass is 19.4. The number of nitrogens with zero attached hydrogens (tertiary/aromatic N) is 1. The Kier molecular flexibility index (Phi) is 7.11. The maximum absolute atomic E-state index is 12.3. The molecule has 6 nitrogen and oxygen atoms in total. The number of pyridine rings is 1. The van der Waals surface area contributed by atoms with E-state index >= 15 is 0 Å². The van der Waals surface area contributed by atoms with E-state index < -0.39 is 12.8 Å². The molecule has 150 valence electrons. The summed E-state index contributed by atoms with van der Waals surface area (Å²) >= 11 is 0. The summed E-state index contributed by atoms with van der Waals surface area (Å²) in [6.07, 6.45) is -4.35. The van der Waals surface area contributed by atoms with E-state index in [4.69, 9.17) is 0 Å². The Balaban J connectivity index is 1.90. The Morgan fingerprint density at radius 2 is 1.75 bits per heavy atom. The van der Waals surface area contributed by atoms with Crippen LogP contribution < -0.4 is 10.6 Å². The smallest absolute Gasteiger partial charge is 0.367 e. The van der Waals surface area contributed by atoms with Gasteiger partial charge in [-0.2, -0.15) is 13.2 Å². The molecule has 2 amide bonds. The second-order valence-electron chi connectivity index (χ2n) is 6.17. The summed E-state index contributed by atoms with van der Waals surface area (Å²) in [5, 5.41) is 5.28. The SMILES string of the molecule is CC(=O)Nc1cc(C(=O)NCc2ccc(COCC(F)(F)F)cc2)cc(C)n1. The number of rotatable bonds is 7. The first-order chi connectivity index (χ1) is 13.1. The lowest BCUT2D eigenvalue weighted by Crippen LogP contribution is -2.23. The van der Waals surface area contributed by atoms with Crippen molar-refractivity contribution in [1.82, 2.24) is 10.3 Å². The molecular weight excluding hydrogens is 375 g/mol. The van der Waals surface area contributed by atoms with Crippen LogP contribution in [0.1, 0.15) is 34.1 Å². The number of carbonyl (C=O) groups is 2. The lowest BCUT2D eigenvalue weighted by molar-refractivity contribution is -0.176. The summed E-state index contributed by atoms with van der Waals surface area (Å²) in [7, 11) is 0. The van der Waals surface area contributed by atoms with Crippen molar-refractivity contribution in [1.29, 1.82) is 0 Å². The van der Waals surface area contributed by atoms with Crippen molar-refractivity contribution >= 4 is 17.6 Å². The molecular formula is C19H20F3N3O3. The number of alkyl halides is 3. The molecule has 0 saturated carbocycles. The molecule has 1 aromatic heterocycles. The Hall–Kier alpha value is -2.94. The van der Waals surface area contributed by atoms with E-state index in [1.807, 2.05) is 0 Å². The van der Waals surface area contributed by atoms with Crippen molar-refractivity contribution in [3.8, 4) is 0 Å². The summed E-state index contributed by atoms with van der Waals surface area (Å²) < 4.78 is 40.8. The summed E-state index contributed by atoms with van der Waals surface area (Å²) in [5.41, 5.74) is 2.32. The molecule has 0 unspecified atom stereocenters. The number of hydrogen-bond donors (Lipinski definition) is 2. The Bertz CT molecular complexity index is 837. The third kappa shape index (κ3) is 7.36. The van der Waals surface area contributed by atoms with Gasteiger partial charge in [-0.05, 0) is 30.2 Å². The number of ether oxygens (including phenoxy) is 1. The van der Waals surface area contributed by atoms with Crippen molar-refractivity contribution in [2.24, 2.45) is 0 Å². The van der Waals surface area contributed by atoms with Gasteiger partial charge < -0.3 is 15.4 Å². The average Bonchev–Trinajstić information content (AvgIpc) is 2.58. The minimum absolute atomic E-state index is 0.144. The van der Waals surface area contributed by atoms with Gasteiger partial charge in [-0.1, -0.05) is 24.3 Å². The fourth-order valence-electron chi connectivity index (χ4n) is 2.37. The molecule has 0 aliphatic heterocycles. The molecule has 0 spiro atoms. The molecule has 2 rings (SSSR count). The first-order valence-electron chi connectivity index (χ1n) is 8.39. The number of nitrogens with one attached hydrogen (secondary N) is 2. The van der Waals surface area contributed by atoms with E-state index in [2.05, 4.69) is 20.4 Å². The molecule has 0 aliphatic carbocycles. The zero-order chi connectivity index (χ0) is 20.7. The predicted molar refractivity (Wildman–Crippen MR) is 96.6 cm³/mol. The fraction of sp³-hybridized carbons (Fsp3) is 0.316. The lowest BCUT2D eigenvalue weighted by Gasteiger charge is -2.10. The predicted octanol–water partition coefficient (Wildman–Crippen LogP) is 3.36. The highest BCUT2D eigenvalue weighted by Crippen LogP contribution is 2.16. The molecule has 28 heavy (non-hydrogen) atoms. The molecule has 0 bridgehead atoms. The maximum Gasteiger partial charge on any atom is 0.411 e. The molecule has 2 aromatic rings. The third-order valence-electron chi connectivity index (χ3n) is 3.53. The van der Waals surface area contributed by atoms with Crippen molar-refractivity contribution in [3.63, 3.8) is 0 Å². The van der Waals surface area contributed by atoms with Crippen LogP contribution in [0.15, 0.2) is 36.4 Å². The molecule has 1 heterocycles. The topological polar surface area (TPSA) is 80.3 Å². The number of aryl methyl sites for hydroxylation is 1. The van der Waals surface area contributed by atoms with Gasteiger partial charge in [0, 0.05) is 24.7 Å². The molecule has 0 fully saturated rings. The van der Waals surface area contributed by atoms with Gasteiger partial charge in [0.2, 0.25) is 5.91 Å². The Morgan fingerprint density at radius 3 is 2.36 bits per heavy atom. The zero-order valence-electron chi connectivity index (χ0n) is 15.4. The van der Waals surface area contributed by atoms with E-state index in [-0.39, 0.29) is 25.0 Å². The van der Waals surface area contributed by atoms with Crippen LogP contribution in [0, 0.1) is 6.92 Å². The summed E-state index contributed by atoms with van der Waals surface area (Å²) in [6, 6.07) is 9.76. The minimum atomic E-state index is -4.35. The van der Waals surface area contributed by atoms with Gasteiger partial charge >= 0.3 is 6.18 Å². The van der Waals surface area contributed by atoms with Gasteiger partial charge in [0.05, 0.1) is 6.61 Å². The third-order valence-corrected chi connectivity index (χ3v) is 3.53. The van der Waals surface area contributed by atoms with Crippen molar-refractivity contribution < 1.29 is 27.5 Å². The van der Waals surface area contributed by atoms with Gasteiger partial charge in [-0.3, -0.25) is 9.59 Å². The van der Waals surface area contributed by atoms with E-state index in [1.54, 1.807) is 37.3 Å². The molecule has 0 saturated heterocycles. The van der Waals surface area contributed by atoms with Crippen LogP contribution in [0.4, 0.5) is 19.0 Å². The Labute approximate surface area is 160 Å². The molecule has 2 N–H and O–H groups in total. The summed E-state index contributed by atoms with van der Waals surface area (Å²) in [6.45, 7) is 1.85. The first kappa shape index (κ1) is 21.4. The second-order valence-corrected chi connectivity index (χ2v) is 6.17. The van der Waals surface area contributed by atoms with Crippen molar-refractivity contribution in [2.75, 3.05) is 11.9 Å². The highest BCUT2D eigenvalue weighted by molar-refractivity contribution is 5.96. The monoisotopic (exact) mass is 395 g/mol. The lowest BCUT2D eigenvalue weighted by atomic mass is 10.1. The molecule has 0 atom stereocenters. The number of amides is 2. The number of benzene rings is 1. The van der Waals surface area contributed by atoms with E-state index in [0.29, 0.717) is 22.6 Å². The Morgan fingerprint density at radius 1 is 1.11 bits per heavy atom. The number of carbonyl (C=O) groups excluding carboxylic acids is 2. The van der Waals surface area contributed by atoms with Gasteiger partial charge in [-0.25, -0.2) is 4.98 Å². The van der Waals surface area contributed by atoms with Gasteiger partial charge in [-0.15, -0.1) is 0 Å². The number of halogens is 3. The van der Waals surface area contributed by atoms with Crippen LogP contribution in [0.5, 0.6) is 0 Å². The van der Waals surface area contributed by atoms with Crippen LogP contribution in [-0.4, -0.2) is 29.6 Å². The normalized spacial score (nSPS) is 11.2. The quantitative estimate of drug-likeness (QED) is 0.754. The molecule has 1 aromatic carbocycles. The van der Waals surface area contributed by atoms with Crippen LogP contribution in [0.3, 0.4) is 0 Å². The number of anilines is 1. The van der Waals surface area contributed by atoms with Gasteiger partial charge in [0.15, 0.2) is 0 Å². The largest absolute Gasteiger partial charge is 0.411 e. The zero-order valence-corrected chi connectivity index (χ0v) is 15.4. The van der Waals surface area contributed by atoms with E-state index in [0.717, 1.165) is 5.56 Å². The summed E-state index contributed by atoms with van der Waals surface area (Å²) in [4.78, 5) is 27.6. The summed E-state index contributed by atoms with van der Waals surface area (Å²) in [5.74, 6) is -0.334. The fourth-order valence-corrected chi connectivity index (χ4v) is 2.37. The standard InChI is InChI=1S/C19H20F3N3O3/c1-12-7-16(8-17(24-12)25-13(2)26)18(27)23-9-14-3-5-15(6-4-14)10-28-11-19(20,21)22/h3-8H,9-11H2,1-2H3,(H,23,27)(H,24,25,26). The van der Waals surface area contributed by atoms with E-state index in [9.17, 15) is 22.8 Å². The number of aromatic nitrogens is 1. The molecule has 9 heteroatoms. The van der Waals surface area contributed by atoms with Crippen molar-refractivity contribution in [2.45, 2.75) is 33.2 Å².